The molecule has 0 atom stereocenters. The second kappa shape index (κ2) is 8.32. The summed E-state index contributed by atoms with van der Waals surface area (Å²) in [6.45, 7) is 5.32. The zero-order valence-corrected chi connectivity index (χ0v) is 17.0. The van der Waals surface area contributed by atoms with Gasteiger partial charge in [-0.15, -0.1) is 21.5 Å². The maximum atomic E-state index is 4.47. The largest absolute Gasteiger partial charge is 0.302 e. The van der Waals surface area contributed by atoms with E-state index in [1.807, 2.05) is 6.07 Å². The van der Waals surface area contributed by atoms with Crippen LogP contribution in [0.25, 0.3) is 11.4 Å². The average molecular weight is 422 g/mol. The Morgan fingerprint density at radius 2 is 2.08 bits per heavy atom. The molecule has 0 N–H and O–H groups in total. The van der Waals surface area contributed by atoms with Gasteiger partial charge in [0.2, 0.25) is 0 Å². The standard InChI is InChI=1S/C18H20BrN3S2/c1-3-8-22-17(14-10-16(4-2)23-12-14)20-21-18(22)24-11-13-6-5-7-15(19)9-13/h5-7,9-10,12H,3-4,8,11H2,1-2H3. The number of aromatic nitrogens is 3. The van der Waals surface area contributed by atoms with E-state index in [1.54, 1.807) is 23.1 Å². The summed E-state index contributed by atoms with van der Waals surface area (Å²) in [4.78, 5) is 1.39. The lowest BCUT2D eigenvalue weighted by Gasteiger charge is -2.08. The molecule has 2 aromatic heterocycles. The zero-order valence-electron chi connectivity index (χ0n) is 13.8. The molecule has 3 nitrogen and oxygen atoms in total. The van der Waals surface area contributed by atoms with Gasteiger partial charge in [-0.25, -0.2) is 0 Å². The van der Waals surface area contributed by atoms with E-state index >= 15 is 0 Å². The van der Waals surface area contributed by atoms with Crippen molar-refractivity contribution in [3.8, 4) is 11.4 Å². The number of thioether (sulfide) groups is 1. The second-order valence-corrected chi connectivity index (χ2v) is 8.39. The Morgan fingerprint density at radius 3 is 2.79 bits per heavy atom. The van der Waals surface area contributed by atoms with Crippen LogP contribution >= 0.6 is 39.0 Å². The van der Waals surface area contributed by atoms with E-state index in [-0.39, 0.29) is 0 Å². The van der Waals surface area contributed by atoms with Gasteiger partial charge in [-0.1, -0.05) is 53.7 Å². The summed E-state index contributed by atoms with van der Waals surface area (Å²) in [5.74, 6) is 1.88. The van der Waals surface area contributed by atoms with Crippen LogP contribution < -0.4 is 0 Å². The number of hydrogen-bond donors (Lipinski definition) is 0. The highest BCUT2D eigenvalue weighted by Crippen LogP contribution is 2.30. The number of halogens is 1. The molecule has 1 aromatic carbocycles. The van der Waals surface area contributed by atoms with Gasteiger partial charge in [0.05, 0.1) is 0 Å². The molecule has 0 aliphatic rings. The van der Waals surface area contributed by atoms with E-state index in [0.717, 1.165) is 40.6 Å². The minimum atomic E-state index is 0.894. The molecule has 0 unspecified atom stereocenters. The van der Waals surface area contributed by atoms with Gasteiger partial charge >= 0.3 is 0 Å². The first kappa shape index (κ1) is 17.7. The third-order valence-electron chi connectivity index (χ3n) is 3.68. The van der Waals surface area contributed by atoms with Gasteiger partial charge < -0.3 is 4.57 Å². The lowest BCUT2D eigenvalue weighted by atomic mass is 10.2. The van der Waals surface area contributed by atoms with E-state index in [9.17, 15) is 0 Å². The molecule has 0 amide bonds. The molecule has 0 radical (unpaired) electrons. The van der Waals surface area contributed by atoms with Gasteiger partial charge in [0.1, 0.15) is 0 Å². The maximum Gasteiger partial charge on any atom is 0.191 e. The highest BCUT2D eigenvalue weighted by molar-refractivity contribution is 9.10. The topological polar surface area (TPSA) is 30.7 Å². The molecular formula is C18H20BrN3S2. The van der Waals surface area contributed by atoms with Crippen LogP contribution in [0.1, 0.15) is 30.7 Å². The van der Waals surface area contributed by atoms with Crippen LogP contribution in [0.5, 0.6) is 0 Å². The highest BCUT2D eigenvalue weighted by atomic mass is 79.9. The molecular weight excluding hydrogens is 402 g/mol. The molecule has 0 saturated heterocycles. The molecule has 0 saturated carbocycles. The van der Waals surface area contributed by atoms with Crippen molar-refractivity contribution in [1.82, 2.24) is 14.8 Å². The molecule has 0 aliphatic carbocycles. The Morgan fingerprint density at radius 1 is 1.21 bits per heavy atom. The van der Waals surface area contributed by atoms with Crippen molar-refractivity contribution in [1.29, 1.82) is 0 Å². The van der Waals surface area contributed by atoms with Crippen molar-refractivity contribution < 1.29 is 0 Å². The van der Waals surface area contributed by atoms with Gasteiger partial charge in [0.25, 0.3) is 0 Å². The summed E-state index contributed by atoms with van der Waals surface area (Å²) >= 11 is 7.08. The maximum absolute atomic E-state index is 4.47. The Kier molecular flexibility index (Phi) is 6.14. The van der Waals surface area contributed by atoms with E-state index in [2.05, 4.69) is 74.2 Å². The lowest BCUT2D eigenvalue weighted by Crippen LogP contribution is -2.01. The number of nitrogens with zero attached hydrogens (tertiary/aromatic N) is 3. The van der Waals surface area contributed by atoms with Gasteiger partial charge in [-0.2, -0.15) is 0 Å². The first-order chi connectivity index (χ1) is 11.7. The number of hydrogen-bond acceptors (Lipinski definition) is 4. The van der Waals surface area contributed by atoms with Crippen molar-refractivity contribution in [3.63, 3.8) is 0 Å². The van der Waals surface area contributed by atoms with Crippen LogP contribution in [0.15, 0.2) is 45.3 Å². The smallest absolute Gasteiger partial charge is 0.191 e. The van der Waals surface area contributed by atoms with Gasteiger partial charge in [0, 0.05) is 32.6 Å². The normalized spacial score (nSPS) is 11.1. The fraction of sp³-hybridized carbons (Fsp3) is 0.333. The lowest BCUT2D eigenvalue weighted by molar-refractivity contribution is 0.626. The molecule has 3 rings (SSSR count). The van der Waals surface area contributed by atoms with E-state index in [0.29, 0.717) is 0 Å². The fourth-order valence-electron chi connectivity index (χ4n) is 2.49. The predicted molar refractivity (Wildman–Crippen MR) is 107 cm³/mol. The van der Waals surface area contributed by atoms with Crippen molar-refractivity contribution in [3.05, 3.63) is 50.6 Å². The Balaban J connectivity index is 1.82. The number of aryl methyl sites for hydroxylation is 1. The number of rotatable bonds is 7. The van der Waals surface area contributed by atoms with Crippen molar-refractivity contribution in [2.45, 2.75) is 44.1 Å². The summed E-state index contributed by atoms with van der Waals surface area (Å²) in [5, 5.41) is 12.1. The van der Waals surface area contributed by atoms with Crippen LogP contribution in [-0.2, 0) is 18.7 Å². The minimum Gasteiger partial charge on any atom is -0.302 e. The molecule has 0 spiro atoms. The van der Waals surface area contributed by atoms with Crippen molar-refractivity contribution in [2.75, 3.05) is 0 Å². The molecule has 0 fully saturated rings. The molecule has 2 heterocycles. The zero-order chi connectivity index (χ0) is 16.9. The van der Waals surface area contributed by atoms with Crippen molar-refractivity contribution >= 4 is 39.0 Å². The van der Waals surface area contributed by atoms with Crippen LogP contribution in [0.4, 0.5) is 0 Å². The minimum absolute atomic E-state index is 0.894. The molecule has 0 bridgehead atoms. The van der Waals surface area contributed by atoms with Gasteiger partial charge in [-0.3, -0.25) is 0 Å². The molecule has 6 heteroatoms. The molecule has 3 aromatic rings. The van der Waals surface area contributed by atoms with Crippen molar-refractivity contribution in [2.24, 2.45) is 0 Å². The van der Waals surface area contributed by atoms with Crippen LogP contribution in [0, 0.1) is 0 Å². The average Bonchev–Trinajstić information content (AvgIpc) is 3.20. The highest BCUT2D eigenvalue weighted by Gasteiger charge is 2.15. The summed E-state index contributed by atoms with van der Waals surface area (Å²) in [6.07, 6.45) is 2.14. The summed E-state index contributed by atoms with van der Waals surface area (Å²) in [5.41, 5.74) is 2.47. The first-order valence-electron chi connectivity index (χ1n) is 8.09. The summed E-state index contributed by atoms with van der Waals surface area (Å²) < 4.78 is 3.37. The van der Waals surface area contributed by atoms with Crippen LogP contribution in [-0.4, -0.2) is 14.8 Å². The molecule has 0 aliphatic heterocycles. The van der Waals surface area contributed by atoms with Crippen LogP contribution in [0.3, 0.4) is 0 Å². The number of benzene rings is 1. The fourth-order valence-corrected chi connectivity index (χ4v) is 4.66. The quantitative estimate of drug-likeness (QED) is 0.436. The first-order valence-corrected chi connectivity index (χ1v) is 10.7. The van der Waals surface area contributed by atoms with E-state index in [4.69, 9.17) is 0 Å². The number of thiophene rings is 1. The van der Waals surface area contributed by atoms with E-state index in [1.165, 1.54) is 16.0 Å². The molecule has 126 valence electrons. The summed E-state index contributed by atoms with van der Waals surface area (Å²) in [6, 6.07) is 10.7. The Hall–Kier alpha value is -1.11. The van der Waals surface area contributed by atoms with Gasteiger partial charge in [-0.05, 0) is 36.6 Å². The Bertz CT molecular complexity index is 810. The Labute approximate surface area is 159 Å². The molecule has 24 heavy (non-hydrogen) atoms. The van der Waals surface area contributed by atoms with Crippen LogP contribution in [0.2, 0.25) is 0 Å². The third-order valence-corrected chi connectivity index (χ3v) is 6.29. The second-order valence-electron chi connectivity index (χ2n) is 5.53. The summed E-state index contributed by atoms with van der Waals surface area (Å²) in [7, 11) is 0. The monoisotopic (exact) mass is 421 g/mol. The van der Waals surface area contributed by atoms with Gasteiger partial charge in [0.15, 0.2) is 11.0 Å². The van der Waals surface area contributed by atoms with E-state index < -0.39 is 0 Å². The third kappa shape index (κ3) is 4.10. The predicted octanol–water partition coefficient (Wildman–Crippen LogP) is 6.03. The SMILES string of the molecule is CCCn1c(SCc2cccc(Br)c2)nnc1-c1csc(CC)c1.